The highest BCUT2D eigenvalue weighted by Gasteiger charge is 2.32. The van der Waals surface area contributed by atoms with E-state index >= 15 is 0 Å². The van der Waals surface area contributed by atoms with Gasteiger partial charge in [-0.2, -0.15) is 0 Å². The van der Waals surface area contributed by atoms with Crippen molar-refractivity contribution in [3.05, 3.63) is 90.1 Å². The molecule has 3 heterocycles. The number of rotatable bonds is 10. The van der Waals surface area contributed by atoms with Gasteiger partial charge in [0.25, 0.3) is 0 Å². The molecule has 3 fully saturated rings. The first-order chi connectivity index (χ1) is 20.1. The van der Waals surface area contributed by atoms with E-state index in [-0.39, 0.29) is 11.8 Å². The minimum atomic E-state index is 0.117. The zero-order valence-corrected chi connectivity index (χ0v) is 24.3. The molecule has 41 heavy (non-hydrogen) atoms. The summed E-state index contributed by atoms with van der Waals surface area (Å²) >= 11 is 0. The summed E-state index contributed by atoms with van der Waals surface area (Å²) in [6, 6.07) is 20.7. The van der Waals surface area contributed by atoms with E-state index in [1.165, 1.54) is 30.4 Å². The Balaban J connectivity index is 1.10. The van der Waals surface area contributed by atoms with Crippen LogP contribution in [0, 0.1) is 11.8 Å². The van der Waals surface area contributed by atoms with Crippen molar-refractivity contribution < 1.29 is 14.6 Å². The molecule has 2 aliphatic heterocycles. The zero-order chi connectivity index (χ0) is 28.2. The summed E-state index contributed by atoms with van der Waals surface area (Å²) in [5, 5.41) is 10.5. The van der Waals surface area contributed by atoms with Crippen LogP contribution in [-0.4, -0.2) is 54.4 Å². The fourth-order valence-corrected chi connectivity index (χ4v) is 6.68. The standard InChI is InChI=1S/C35H43N3O3/c1-3-31(27-9-10-27)29-13-16-36-35(21-29)41-23-26-14-17-37(18-15-26)33-22-30(39)11-12-32(33)25(2)38-19-20-40-24-34(38)28-7-5-4-6-8-28/h4-8,11-13,16,21-22,26-27,31,34,39H,2-3,9-10,14-15,17-20,23-24H2,1H3. The van der Waals surface area contributed by atoms with Crippen molar-refractivity contribution in [3.63, 3.8) is 0 Å². The lowest BCUT2D eigenvalue weighted by atomic mass is 9.92. The molecule has 6 rings (SSSR count). The number of aromatic nitrogens is 1. The Labute approximate surface area is 244 Å². The van der Waals surface area contributed by atoms with Crippen molar-refractivity contribution in [2.45, 2.75) is 51.0 Å². The van der Waals surface area contributed by atoms with E-state index in [4.69, 9.17) is 9.47 Å². The van der Waals surface area contributed by atoms with Gasteiger partial charge in [0.1, 0.15) is 5.75 Å². The van der Waals surface area contributed by atoms with Crippen molar-refractivity contribution in [2.24, 2.45) is 11.8 Å². The Kier molecular flexibility index (Phi) is 8.47. The highest BCUT2D eigenvalue weighted by atomic mass is 16.5. The van der Waals surface area contributed by atoms with E-state index in [0.717, 1.165) is 61.2 Å². The largest absolute Gasteiger partial charge is 0.508 e. The first-order valence-corrected chi connectivity index (χ1v) is 15.4. The minimum absolute atomic E-state index is 0.117. The Morgan fingerprint density at radius 1 is 1.05 bits per heavy atom. The molecule has 216 valence electrons. The molecule has 3 aliphatic rings. The molecule has 2 saturated heterocycles. The highest BCUT2D eigenvalue weighted by molar-refractivity contribution is 5.76. The fourth-order valence-electron chi connectivity index (χ4n) is 6.68. The molecule has 0 spiro atoms. The van der Waals surface area contributed by atoms with Crippen LogP contribution in [0.25, 0.3) is 5.70 Å². The van der Waals surface area contributed by atoms with Crippen molar-refractivity contribution in [1.82, 2.24) is 9.88 Å². The molecule has 1 N–H and O–H groups in total. The number of hydrogen-bond donors (Lipinski definition) is 1. The number of benzene rings is 2. The topological polar surface area (TPSA) is 58.1 Å². The summed E-state index contributed by atoms with van der Waals surface area (Å²) in [5.74, 6) is 2.99. The summed E-state index contributed by atoms with van der Waals surface area (Å²) in [6.07, 6.45) is 7.85. The number of nitrogens with zero attached hydrogens (tertiary/aromatic N) is 3. The summed E-state index contributed by atoms with van der Waals surface area (Å²) in [6.45, 7) is 11.5. The first kappa shape index (κ1) is 27.6. The number of piperidine rings is 1. The molecule has 0 radical (unpaired) electrons. The van der Waals surface area contributed by atoms with Crippen LogP contribution in [0.4, 0.5) is 5.69 Å². The van der Waals surface area contributed by atoms with Crippen LogP contribution in [0.3, 0.4) is 0 Å². The number of aromatic hydroxyl groups is 1. The van der Waals surface area contributed by atoms with Gasteiger partial charge in [-0.3, -0.25) is 0 Å². The molecule has 2 unspecified atom stereocenters. The molecule has 6 nitrogen and oxygen atoms in total. The molecule has 1 aliphatic carbocycles. The number of ether oxygens (including phenoxy) is 2. The van der Waals surface area contributed by atoms with Gasteiger partial charge in [-0.15, -0.1) is 0 Å². The van der Waals surface area contributed by atoms with Crippen LogP contribution in [0.5, 0.6) is 11.6 Å². The van der Waals surface area contributed by atoms with Gasteiger partial charge in [0.15, 0.2) is 0 Å². The van der Waals surface area contributed by atoms with E-state index in [0.29, 0.717) is 31.7 Å². The van der Waals surface area contributed by atoms with E-state index in [2.05, 4.69) is 64.7 Å². The van der Waals surface area contributed by atoms with Crippen molar-refractivity contribution in [3.8, 4) is 11.6 Å². The predicted octanol–water partition coefficient (Wildman–Crippen LogP) is 7.03. The van der Waals surface area contributed by atoms with E-state index in [9.17, 15) is 5.11 Å². The number of hydrogen-bond acceptors (Lipinski definition) is 6. The van der Waals surface area contributed by atoms with Gasteiger partial charge >= 0.3 is 0 Å². The quantitative estimate of drug-likeness (QED) is 0.291. The molecular formula is C35H43N3O3. The SMILES string of the molecule is C=C(c1ccc(O)cc1N1CCC(COc2cc(C(CC)C3CC3)ccn2)CC1)N1CCOCC1c1ccccc1. The third kappa shape index (κ3) is 6.38. The molecule has 6 heteroatoms. The van der Waals surface area contributed by atoms with Gasteiger partial charge in [0, 0.05) is 54.9 Å². The van der Waals surface area contributed by atoms with Crippen molar-refractivity contribution in [2.75, 3.05) is 44.4 Å². The Bertz CT molecular complexity index is 1320. The maximum Gasteiger partial charge on any atom is 0.213 e. The lowest BCUT2D eigenvalue weighted by molar-refractivity contribution is 0.0211. The molecular weight excluding hydrogens is 510 g/mol. The first-order valence-electron chi connectivity index (χ1n) is 15.4. The van der Waals surface area contributed by atoms with E-state index in [1.54, 1.807) is 6.07 Å². The third-order valence-corrected chi connectivity index (χ3v) is 9.19. The summed E-state index contributed by atoms with van der Waals surface area (Å²) in [5.41, 5.74) is 5.70. The lowest BCUT2D eigenvalue weighted by Crippen LogP contribution is -2.39. The smallest absolute Gasteiger partial charge is 0.213 e. The van der Waals surface area contributed by atoms with Gasteiger partial charge in [-0.1, -0.05) is 43.8 Å². The monoisotopic (exact) mass is 553 g/mol. The van der Waals surface area contributed by atoms with Crippen molar-refractivity contribution >= 4 is 11.4 Å². The second kappa shape index (κ2) is 12.6. The number of anilines is 1. The average molecular weight is 554 g/mol. The fraction of sp³-hybridized carbons (Fsp3) is 0.457. The van der Waals surface area contributed by atoms with E-state index < -0.39 is 0 Å². The lowest BCUT2D eigenvalue weighted by Gasteiger charge is -2.41. The second-order valence-electron chi connectivity index (χ2n) is 11.9. The third-order valence-electron chi connectivity index (χ3n) is 9.19. The zero-order valence-electron chi connectivity index (χ0n) is 24.3. The maximum absolute atomic E-state index is 10.5. The van der Waals surface area contributed by atoms with Gasteiger partial charge in [0.2, 0.25) is 5.88 Å². The molecule has 0 amide bonds. The van der Waals surface area contributed by atoms with Crippen LogP contribution in [0.15, 0.2) is 73.4 Å². The molecule has 1 saturated carbocycles. The Morgan fingerprint density at radius 3 is 2.61 bits per heavy atom. The molecule has 1 aromatic heterocycles. The molecule has 2 aromatic carbocycles. The number of phenols is 1. The molecule has 0 bridgehead atoms. The molecule has 3 aromatic rings. The van der Waals surface area contributed by atoms with Gasteiger partial charge < -0.3 is 24.4 Å². The van der Waals surface area contributed by atoms with Crippen LogP contribution in [0.2, 0.25) is 0 Å². The second-order valence-corrected chi connectivity index (χ2v) is 11.9. The number of morpholine rings is 1. The maximum atomic E-state index is 10.5. The van der Waals surface area contributed by atoms with E-state index in [1.807, 2.05) is 24.4 Å². The number of phenolic OH excluding ortho intramolecular Hbond substituents is 1. The minimum Gasteiger partial charge on any atom is -0.508 e. The van der Waals surface area contributed by atoms with Gasteiger partial charge in [0.05, 0.1) is 25.9 Å². The van der Waals surface area contributed by atoms with Gasteiger partial charge in [-0.05, 0) is 79.2 Å². The summed E-state index contributed by atoms with van der Waals surface area (Å²) in [4.78, 5) is 9.27. The highest BCUT2D eigenvalue weighted by Crippen LogP contribution is 2.44. The Hall–Kier alpha value is -3.51. The normalized spacial score (nSPS) is 20.6. The summed E-state index contributed by atoms with van der Waals surface area (Å²) in [7, 11) is 0. The molecule has 2 atom stereocenters. The Morgan fingerprint density at radius 2 is 1.85 bits per heavy atom. The summed E-state index contributed by atoms with van der Waals surface area (Å²) < 4.78 is 12.1. The average Bonchev–Trinajstić information content (AvgIpc) is 3.86. The van der Waals surface area contributed by atoms with Crippen LogP contribution >= 0.6 is 0 Å². The number of pyridine rings is 1. The van der Waals surface area contributed by atoms with Crippen LogP contribution in [-0.2, 0) is 4.74 Å². The van der Waals surface area contributed by atoms with Crippen molar-refractivity contribution in [1.29, 1.82) is 0 Å². The predicted molar refractivity (Wildman–Crippen MR) is 164 cm³/mol. The van der Waals surface area contributed by atoms with Crippen LogP contribution in [0.1, 0.15) is 67.7 Å². The van der Waals surface area contributed by atoms with Crippen LogP contribution < -0.4 is 9.64 Å². The van der Waals surface area contributed by atoms with Gasteiger partial charge in [-0.25, -0.2) is 4.98 Å².